The molecule has 2 heterocycles. The quantitative estimate of drug-likeness (QED) is 0.522. The average molecular weight is 407 g/mol. The van der Waals surface area contributed by atoms with E-state index < -0.39 is 5.97 Å². The Kier molecular flexibility index (Phi) is 4.97. The molecule has 2 aromatic heterocycles. The van der Waals surface area contributed by atoms with E-state index in [9.17, 15) is 9.59 Å². The van der Waals surface area contributed by atoms with Crippen LogP contribution < -0.4 is 5.56 Å². The van der Waals surface area contributed by atoms with Crippen LogP contribution in [-0.2, 0) is 4.74 Å². The predicted molar refractivity (Wildman–Crippen MR) is 111 cm³/mol. The number of carbonyl (C=O) groups excluding carboxylic acids is 1. The number of aromatic amines is 1. The van der Waals surface area contributed by atoms with Crippen LogP contribution in [0.5, 0.6) is 0 Å². The molecular formula is C21H15ClN4O3. The molecule has 29 heavy (non-hydrogen) atoms. The fourth-order valence-electron chi connectivity index (χ4n) is 2.81. The number of benzene rings is 2. The lowest BCUT2D eigenvalue weighted by Gasteiger charge is -2.02. The summed E-state index contributed by atoms with van der Waals surface area (Å²) in [7, 11) is 1.30. The van der Waals surface area contributed by atoms with Gasteiger partial charge in [0.1, 0.15) is 5.82 Å². The van der Waals surface area contributed by atoms with Crippen molar-refractivity contribution in [1.29, 1.82) is 0 Å². The van der Waals surface area contributed by atoms with Crippen molar-refractivity contribution in [3.63, 3.8) is 0 Å². The van der Waals surface area contributed by atoms with Crippen LogP contribution in [-0.4, -0.2) is 32.8 Å². The summed E-state index contributed by atoms with van der Waals surface area (Å²) < 4.78 is 6.43. The van der Waals surface area contributed by atoms with Gasteiger partial charge in [-0.05, 0) is 54.6 Å². The molecule has 0 atom stereocenters. The number of methoxy groups -OCH3 is 1. The summed E-state index contributed by atoms with van der Waals surface area (Å²) in [5, 5.41) is 5.36. The number of fused-ring (bicyclic) bond motifs is 1. The number of carbonyl (C=O) groups is 1. The Morgan fingerprint density at radius 3 is 2.72 bits per heavy atom. The zero-order valence-electron chi connectivity index (χ0n) is 15.3. The minimum absolute atomic E-state index is 0.289. The summed E-state index contributed by atoms with van der Waals surface area (Å²) in [6.07, 6.45) is 7.00. The van der Waals surface area contributed by atoms with E-state index in [2.05, 4.69) is 15.1 Å². The second-order valence-electron chi connectivity index (χ2n) is 6.20. The largest absolute Gasteiger partial charge is 0.465 e. The lowest BCUT2D eigenvalue weighted by Crippen LogP contribution is -2.10. The Balaban J connectivity index is 1.63. The number of hydrogen-bond acceptors (Lipinski definition) is 5. The van der Waals surface area contributed by atoms with Gasteiger partial charge < -0.3 is 9.72 Å². The molecule has 0 bridgehead atoms. The zero-order valence-corrected chi connectivity index (χ0v) is 16.1. The van der Waals surface area contributed by atoms with Crippen LogP contribution >= 0.6 is 11.6 Å². The molecule has 1 N–H and O–H groups in total. The first kappa shape index (κ1) is 18.6. The van der Waals surface area contributed by atoms with Crippen molar-refractivity contribution in [3.8, 4) is 5.69 Å². The molecule has 0 amide bonds. The van der Waals surface area contributed by atoms with Gasteiger partial charge in [0, 0.05) is 16.8 Å². The molecule has 0 aliphatic rings. The summed E-state index contributed by atoms with van der Waals surface area (Å²) in [5.41, 5.74) is 2.15. The molecule has 0 aliphatic heterocycles. The van der Waals surface area contributed by atoms with Gasteiger partial charge in [0.2, 0.25) is 0 Å². The van der Waals surface area contributed by atoms with E-state index in [1.54, 1.807) is 41.2 Å². The number of rotatable bonds is 4. The number of ether oxygens (including phenoxy) is 1. The van der Waals surface area contributed by atoms with Gasteiger partial charge in [-0.1, -0.05) is 11.6 Å². The predicted octanol–water partition coefficient (Wildman–Crippen LogP) is 3.72. The third kappa shape index (κ3) is 3.95. The van der Waals surface area contributed by atoms with E-state index in [1.165, 1.54) is 19.2 Å². The standard InChI is InChI=1S/C21H15ClN4O3/c1-29-21(28)14-3-8-17-18(10-14)24-19(25-20(17)27)9-2-13-11-23-26(12-13)16-6-4-15(22)5-7-16/h2-12H,1H3,(H,24,25,27)/b9-2+. The van der Waals surface area contributed by atoms with E-state index in [0.29, 0.717) is 27.3 Å². The lowest BCUT2D eigenvalue weighted by molar-refractivity contribution is 0.0601. The molecule has 0 spiro atoms. The van der Waals surface area contributed by atoms with E-state index in [0.717, 1.165) is 11.3 Å². The molecule has 2 aromatic carbocycles. The number of H-pyrrole nitrogens is 1. The number of nitrogens with one attached hydrogen (secondary N) is 1. The fourth-order valence-corrected chi connectivity index (χ4v) is 2.94. The van der Waals surface area contributed by atoms with Gasteiger partial charge in [-0.15, -0.1) is 0 Å². The van der Waals surface area contributed by atoms with Crippen LogP contribution in [0, 0.1) is 0 Å². The maximum absolute atomic E-state index is 12.3. The van der Waals surface area contributed by atoms with Gasteiger partial charge in [0.25, 0.3) is 5.56 Å². The summed E-state index contributed by atoms with van der Waals surface area (Å²) in [6, 6.07) is 11.9. The highest BCUT2D eigenvalue weighted by atomic mass is 35.5. The fraction of sp³-hybridized carbons (Fsp3) is 0.0476. The molecule has 144 valence electrons. The van der Waals surface area contributed by atoms with Crippen LogP contribution in [0.1, 0.15) is 21.7 Å². The van der Waals surface area contributed by atoms with E-state index >= 15 is 0 Å². The molecule has 0 saturated carbocycles. The SMILES string of the molecule is COC(=O)c1ccc2c(=O)[nH]c(/C=C/c3cnn(-c4ccc(Cl)cc4)c3)nc2c1. The maximum Gasteiger partial charge on any atom is 0.337 e. The minimum Gasteiger partial charge on any atom is -0.465 e. The van der Waals surface area contributed by atoms with Crippen molar-refractivity contribution in [2.75, 3.05) is 7.11 Å². The summed E-state index contributed by atoms with van der Waals surface area (Å²) in [6.45, 7) is 0. The summed E-state index contributed by atoms with van der Waals surface area (Å²) in [5.74, 6) is -0.121. The Morgan fingerprint density at radius 2 is 1.97 bits per heavy atom. The molecule has 8 heteroatoms. The molecule has 0 radical (unpaired) electrons. The van der Waals surface area contributed by atoms with Gasteiger partial charge in [-0.2, -0.15) is 5.10 Å². The highest BCUT2D eigenvalue weighted by Gasteiger charge is 2.09. The van der Waals surface area contributed by atoms with Gasteiger partial charge in [-0.3, -0.25) is 4.79 Å². The second kappa shape index (κ2) is 7.73. The van der Waals surface area contributed by atoms with E-state index in [1.807, 2.05) is 18.3 Å². The first-order valence-corrected chi connectivity index (χ1v) is 9.02. The molecular weight excluding hydrogens is 392 g/mol. The Bertz CT molecular complexity index is 1290. The number of hydrogen-bond donors (Lipinski definition) is 1. The first-order valence-electron chi connectivity index (χ1n) is 8.64. The number of aromatic nitrogens is 4. The van der Waals surface area contributed by atoms with Crippen molar-refractivity contribution in [2.45, 2.75) is 0 Å². The van der Waals surface area contributed by atoms with Crippen LogP contribution in [0.15, 0.2) is 59.7 Å². The summed E-state index contributed by atoms with van der Waals surface area (Å²) >= 11 is 5.91. The van der Waals surface area contributed by atoms with Crippen LogP contribution in [0.25, 0.3) is 28.7 Å². The monoisotopic (exact) mass is 406 g/mol. The topological polar surface area (TPSA) is 89.9 Å². The van der Waals surface area contributed by atoms with Gasteiger partial charge >= 0.3 is 5.97 Å². The van der Waals surface area contributed by atoms with Crippen molar-refractivity contribution in [2.24, 2.45) is 0 Å². The van der Waals surface area contributed by atoms with Crippen molar-refractivity contribution in [1.82, 2.24) is 19.7 Å². The van der Waals surface area contributed by atoms with Gasteiger partial charge in [0.05, 0.1) is 35.5 Å². The zero-order chi connectivity index (χ0) is 20.4. The van der Waals surface area contributed by atoms with Crippen LogP contribution in [0.4, 0.5) is 0 Å². The molecule has 4 rings (SSSR count). The highest BCUT2D eigenvalue weighted by Crippen LogP contribution is 2.15. The summed E-state index contributed by atoms with van der Waals surface area (Å²) in [4.78, 5) is 31.1. The van der Waals surface area contributed by atoms with Crippen LogP contribution in [0.3, 0.4) is 0 Å². The molecule has 0 fully saturated rings. The second-order valence-corrected chi connectivity index (χ2v) is 6.64. The average Bonchev–Trinajstić information content (AvgIpc) is 3.21. The highest BCUT2D eigenvalue weighted by molar-refractivity contribution is 6.30. The first-order chi connectivity index (χ1) is 14.0. The molecule has 0 saturated heterocycles. The molecule has 0 unspecified atom stereocenters. The third-order valence-electron chi connectivity index (χ3n) is 4.27. The Morgan fingerprint density at radius 1 is 1.17 bits per heavy atom. The van der Waals surface area contributed by atoms with E-state index in [-0.39, 0.29) is 5.56 Å². The number of halogens is 1. The molecule has 0 aliphatic carbocycles. The Hall–Kier alpha value is -3.71. The van der Waals surface area contributed by atoms with Crippen molar-refractivity contribution < 1.29 is 9.53 Å². The normalized spacial score (nSPS) is 11.2. The number of esters is 1. The van der Waals surface area contributed by atoms with Crippen molar-refractivity contribution in [3.05, 3.63) is 87.2 Å². The van der Waals surface area contributed by atoms with Crippen molar-refractivity contribution >= 4 is 40.6 Å². The minimum atomic E-state index is -0.485. The Labute approximate surface area is 170 Å². The van der Waals surface area contributed by atoms with Gasteiger partial charge in [0.15, 0.2) is 0 Å². The molecule has 7 nitrogen and oxygen atoms in total. The number of nitrogens with zero attached hydrogens (tertiary/aromatic N) is 3. The maximum atomic E-state index is 12.3. The van der Waals surface area contributed by atoms with Crippen LogP contribution in [0.2, 0.25) is 5.02 Å². The van der Waals surface area contributed by atoms with E-state index in [4.69, 9.17) is 16.3 Å². The molecule has 4 aromatic rings. The van der Waals surface area contributed by atoms with Gasteiger partial charge in [-0.25, -0.2) is 14.5 Å². The third-order valence-corrected chi connectivity index (χ3v) is 4.53. The lowest BCUT2D eigenvalue weighted by atomic mass is 10.1. The smallest absolute Gasteiger partial charge is 0.337 e.